The second-order valence-corrected chi connectivity index (χ2v) is 5.76. The first-order valence-corrected chi connectivity index (χ1v) is 7.78. The third-order valence-corrected chi connectivity index (χ3v) is 3.94. The Hall–Kier alpha value is -2.34. The van der Waals surface area contributed by atoms with Gasteiger partial charge in [-0.15, -0.1) is 0 Å². The molecular formula is C17H17BrN2O3. The van der Waals surface area contributed by atoms with E-state index in [1.165, 1.54) is 7.11 Å². The molecule has 0 spiro atoms. The molecule has 0 aliphatic rings. The molecule has 2 N–H and O–H groups in total. The fourth-order valence-electron chi connectivity index (χ4n) is 1.99. The van der Waals surface area contributed by atoms with Crippen LogP contribution in [0, 0.1) is 6.92 Å². The van der Waals surface area contributed by atoms with Gasteiger partial charge in [-0.05, 0) is 52.7 Å². The molecule has 0 bridgehead atoms. The molecule has 23 heavy (non-hydrogen) atoms. The van der Waals surface area contributed by atoms with E-state index in [0.717, 1.165) is 15.7 Å². The van der Waals surface area contributed by atoms with Crippen LogP contribution >= 0.6 is 15.9 Å². The Balaban J connectivity index is 2.01. The lowest BCUT2D eigenvalue weighted by Gasteiger charge is -2.12. The van der Waals surface area contributed by atoms with E-state index in [-0.39, 0.29) is 12.5 Å². The number of hydrogen-bond donors (Lipinski definition) is 2. The molecule has 1 amide bonds. The van der Waals surface area contributed by atoms with Crippen LogP contribution < -0.4 is 10.6 Å². The monoisotopic (exact) mass is 376 g/mol. The number of methoxy groups -OCH3 is 1. The zero-order valence-corrected chi connectivity index (χ0v) is 14.4. The first-order valence-electron chi connectivity index (χ1n) is 6.98. The first-order chi connectivity index (χ1) is 11.0. The number of hydrogen-bond acceptors (Lipinski definition) is 4. The summed E-state index contributed by atoms with van der Waals surface area (Å²) < 4.78 is 5.51. The van der Waals surface area contributed by atoms with Crippen molar-refractivity contribution >= 4 is 39.2 Å². The van der Waals surface area contributed by atoms with Crippen molar-refractivity contribution in [3.8, 4) is 0 Å². The van der Waals surface area contributed by atoms with Gasteiger partial charge in [0.1, 0.15) is 0 Å². The van der Waals surface area contributed by atoms with E-state index in [0.29, 0.717) is 11.3 Å². The molecular weight excluding hydrogens is 360 g/mol. The summed E-state index contributed by atoms with van der Waals surface area (Å²) in [6.07, 6.45) is 0. The molecule has 6 heteroatoms. The molecule has 0 atom stereocenters. The Labute approximate surface area is 143 Å². The molecule has 0 aromatic heterocycles. The van der Waals surface area contributed by atoms with E-state index in [4.69, 9.17) is 4.74 Å². The maximum Gasteiger partial charge on any atom is 0.337 e. The first kappa shape index (κ1) is 17.0. The summed E-state index contributed by atoms with van der Waals surface area (Å²) in [5, 5.41) is 5.85. The Bertz CT molecular complexity index is 732. The van der Waals surface area contributed by atoms with Crippen LogP contribution in [0.3, 0.4) is 0 Å². The number of ether oxygens (including phenoxy) is 1. The lowest BCUT2D eigenvalue weighted by Crippen LogP contribution is -2.22. The lowest BCUT2D eigenvalue weighted by atomic mass is 10.1. The minimum atomic E-state index is -0.411. The number of carbonyl (C=O) groups is 2. The Kier molecular flexibility index (Phi) is 5.76. The Morgan fingerprint density at radius 3 is 2.57 bits per heavy atom. The van der Waals surface area contributed by atoms with Crippen LogP contribution in [-0.4, -0.2) is 25.5 Å². The molecule has 0 radical (unpaired) electrons. The van der Waals surface area contributed by atoms with Crippen LogP contribution in [0.5, 0.6) is 0 Å². The topological polar surface area (TPSA) is 67.4 Å². The van der Waals surface area contributed by atoms with Crippen LogP contribution in [0.25, 0.3) is 0 Å². The van der Waals surface area contributed by atoms with Crippen molar-refractivity contribution in [3.63, 3.8) is 0 Å². The van der Waals surface area contributed by atoms with Gasteiger partial charge < -0.3 is 15.4 Å². The van der Waals surface area contributed by atoms with Crippen molar-refractivity contribution in [2.24, 2.45) is 0 Å². The largest absolute Gasteiger partial charge is 0.465 e. The highest BCUT2D eigenvalue weighted by Gasteiger charge is 2.09. The number of nitrogens with one attached hydrogen (secondary N) is 2. The van der Waals surface area contributed by atoms with E-state index in [1.54, 1.807) is 18.2 Å². The highest BCUT2D eigenvalue weighted by Crippen LogP contribution is 2.21. The van der Waals surface area contributed by atoms with Crippen molar-refractivity contribution in [1.82, 2.24) is 0 Å². The molecule has 0 aliphatic carbocycles. The van der Waals surface area contributed by atoms with Gasteiger partial charge >= 0.3 is 5.97 Å². The van der Waals surface area contributed by atoms with Gasteiger partial charge in [0.05, 0.1) is 24.9 Å². The SMILES string of the molecule is COC(=O)c1ccc(C)c(NCC(=O)Nc2ccccc2Br)c1. The number of amides is 1. The quantitative estimate of drug-likeness (QED) is 0.782. The average Bonchev–Trinajstić information content (AvgIpc) is 2.55. The maximum absolute atomic E-state index is 12.0. The fraction of sp³-hybridized carbons (Fsp3) is 0.176. The standard InChI is InChI=1S/C17H17BrN2O3/c1-11-7-8-12(17(22)23-2)9-15(11)19-10-16(21)20-14-6-4-3-5-13(14)18/h3-9,19H,10H2,1-2H3,(H,20,21). The predicted molar refractivity (Wildman–Crippen MR) is 93.8 cm³/mol. The molecule has 120 valence electrons. The number of halogens is 1. The molecule has 0 aliphatic heterocycles. The second kappa shape index (κ2) is 7.78. The highest BCUT2D eigenvalue weighted by molar-refractivity contribution is 9.10. The van der Waals surface area contributed by atoms with Gasteiger partial charge in [0.25, 0.3) is 0 Å². The van der Waals surface area contributed by atoms with Crippen molar-refractivity contribution in [1.29, 1.82) is 0 Å². The molecule has 5 nitrogen and oxygen atoms in total. The molecule has 0 saturated carbocycles. The van der Waals surface area contributed by atoms with Gasteiger partial charge in [-0.3, -0.25) is 4.79 Å². The molecule has 2 rings (SSSR count). The van der Waals surface area contributed by atoms with Crippen molar-refractivity contribution < 1.29 is 14.3 Å². The molecule has 0 unspecified atom stereocenters. The third-order valence-electron chi connectivity index (χ3n) is 3.25. The van der Waals surface area contributed by atoms with Gasteiger partial charge in [0, 0.05) is 10.2 Å². The van der Waals surface area contributed by atoms with E-state index < -0.39 is 5.97 Å². The summed E-state index contributed by atoms with van der Waals surface area (Å²) in [7, 11) is 1.33. The minimum Gasteiger partial charge on any atom is -0.465 e. The van der Waals surface area contributed by atoms with Crippen LogP contribution in [-0.2, 0) is 9.53 Å². The van der Waals surface area contributed by atoms with Crippen molar-refractivity contribution in [3.05, 3.63) is 58.1 Å². The zero-order valence-electron chi connectivity index (χ0n) is 12.9. The second-order valence-electron chi connectivity index (χ2n) is 4.90. The van der Waals surface area contributed by atoms with E-state index >= 15 is 0 Å². The maximum atomic E-state index is 12.0. The van der Waals surface area contributed by atoms with Crippen molar-refractivity contribution in [2.45, 2.75) is 6.92 Å². The summed E-state index contributed by atoms with van der Waals surface area (Å²) in [5.74, 6) is -0.592. The predicted octanol–water partition coefficient (Wildman–Crippen LogP) is 3.59. The average molecular weight is 377 g/mol. The molecule has 0 heterocycles. The zero-order chi connectivity index (χ0) is 16.8. The lowest BCUT2D eigenvalue weighted by molar-refractivity contribution is -0.114. The van der Waals surface area contributed by atoms with Gasteiger partial charge in [0.15, 0.2) is 0 Å². The Morgan fingerprint density at radius 2 is 1.87 bits per heavy atom. The summed E-state index contributed by atoms with van der Waals surface area (Å²) in [6.45, 7) is 1.99. The van der Waals surface area contributed by atoms with E-state index in [1.807, 2.05) is 31.2 Å². The van der Waals surface area contributed by atoms with Crippen LogP contribution in [0.4, 0.5) is 11.4 Å². The normalized spacial score (nSPS) is 10.0. The van der Waals surface area contributed by atoms with E-state index in [9.17, 15) is 9.59 Å². The highest BCUT2D eigenvalue weighted by atomic mass is 79.9. The number of aryl methyl sites for hydroxylation is 1. The number of rotatable bonds is 5. The van der Waals surface area contributed by atoms with Crippen LogP contribution in [0.15, 0.2) is 46.9 Å². The molecule has 2 aromatic carbocycles. The minimum absolute atomic E-state index is 0.0901. The molecule has 2 aromatic rings. The number of para-hydroxylation sites is 1. The summed E-state index contributed by atoms with van der Waals surface area (Å²) in [4.78, 5) is 23.6. The summed E-state index contributed by atoms with van der Waals surface area (Å²) in [6, 6.07) is 12.6. The molecule has 0 fully saturated rings. The van der Waals surface area contributed by atoms with Gasteiger partial charge in [-0.2, -0.15) is 0 Å². The fourth-order valence-corrected chi connectivity index (χ4v) is 2.37. The van der Waals surface area contributed by atoms with Crippen LogP contribution in [0.1, 0.15) is 15.9 Å². The van der Waals surface area contributed by atoms with Crippen molar-refractivity contribution in [2.75, 3.05) is 24.3 Å². The van der Waals surface area contributed by atoms with Crippen LogP contribution in [0.2, 0.25) is 0 Å². The van der Waals surface area contributed by atoms with E-state index in [2.05, 4.69) is 26.6 Å². The van der Waals surface area contributed by atoms with Gasteiger partial charge in [0.2, 0.25) is 5.91 Å². The number of esters is 1. The number of anilines is 2. The summed E-state index contributed by atoms with van der Waals surface area (Å²) >= 11 is 3.38. The van der Waals surface area contributed by atoms with Gasteiger partial charge in [-0.25, -0.2) is 4.79 Å². The summed E-state index contributed by atoms with van der Waals surface area (Å²) in [5.41, 5.74) is 2.80. The molecule has 0 saturated heterocycles. The third kappa shape index (κ3) is 4.56. The van der Waals surface area contributed by atoms with Gasteiger partial charge in [-0.1, -0.05) is 18.2 Å². The smallest absolute Gasteiger partial charge is 0.337 e. The number of benzene rings is 2. The number of carbonyl (C=O) groups excluding carboxylic acids is 2. The Morgan fingerprint density at radius 1 is 1.13 bits per heavy atom.